The number of fused-ring (bicyclic) bond motifs is 1. The Bertz CT molecular complexity index is 601. The number of para-hydroxylation sites is 2. The first kappa shape index (κ1) is 11.5. The summed E-state index contributed by atoms with van der Waals surface area (Å²) >= 11 is 0. The lowest BCUT2D eigenvalue weighted by Crippen LogP contribution is -2.42. The van der Waals surface area contributed by atoms with E-state index in [-0.39, 0.29) is 6.54 Å². The third-order valence-electron chi connectivity index (χ3n) is 2.97. The number of hydrogen-bond donors (Lipinski definition) is 1. The molecule has 1 aliphatic rings. The van der Waals surface area contributed by atoms with Crippen LogP contribution in [0.1, 0.15) is 0 Å². The van der Waals surface area contributed by atoms with Crippen LogP contribution >= 0.6 is 0 Å². The molecule has 1 unspecified atom stereocenters. The van der Waals surface area contributed by atoms with Gasteiger partial charge in [-0.05, 0) is 24.3 Å². The van der Waals surface area contributed by atoms with Gasteiger partial charge in [-0.15, -0.1) is 0 Å². The number of benzene rings is 1. The van der Waals surface area contributed by atoms with Crippen LogP contribution in [0.4, 0.5) is 11.5 Å². The zero-order valence-corrected chi connectivity index (χ0v) is 10.1. The molecular weight excluding hydrogens is 244 g/mol. The van der Waals surface area contributed by atoms with Crippen molar-refractivity contribution in [1.82, 2.24) is 4.98 Å². The van der Waals surface area contributed by atoms with Gasteiger partial charge in [-0.3, -0.25) is 0 Å². The van der Waals surface area contributed by atoms with Gasteiger partial charge in [0.1, 0.15) is 11.6 Å². The fraction of sp³-hybridized carbons (Fsp3) is 0.143. The molecular formula is C14H12N2O3. The molecule has 0 bridgehead atoms. The first-order chi connectivity index (χ1) is 9.25. The minimum Gasteiger partial charge on any atom is -0.478 e. The Labute approximate surface area is 110 Å². The predicted molar refractivity (Wildman–Crippen MR) is 69.7 cm³/mol. The average molecular weight is 256 g/mol. The largest absolute Gasteiger partial charge is 0.478 e. The number of ether oxygens (including phenoxy) is 1. The Kier molecular flexibility index (Phi) is 2.79. The predicted octanol–water partition coefficient (Wildman–Crippen LogP) is 2.07. The number of anilines is 2. The number of hydrogen-bond acceptors (Lipinski definition) is 4. The van der Waals surface area contributed by atoms with Crippen molar-refractivity contribution in [2.75, 3.05) is 11.4 Å². The quantitative estimate of drug-likeness (QED) is 0.891. The molecule has 1 N–H and O–H groups in total. The van der Waals surface area contributed by atoms with Gasteiger partial charge in [0.2, 0.25) is 6.10 Å². The number of aliphatic carboxylic acids is 1. The fourth-order valence-electron chi connectivity index (χ4n) is 2.09. The maximum atomic E-state index is 11.2. The van der Waals surface area contributed by atoms with Crippen molar-refractivity contribution in [2.24, 2.45) is 0 Å². The van der Waals surface area contributed by atoms with Crippen LogP contribution in [0.15, 0.2) is 48.7 Å². The zero-order chi connectivity index (χ0) is 13.2. The number of carboxylic acid groups (broad SMARTS) is 1. The van der Waals surface area contributed by atoms with E-state index in [9.17, 15) is 4.79 Å². The van der Waals surface area contributed by atoms with Crippen LogP contribution in [-0.4, -0.2) is 28.7 Å². The lowest BCUT2D eigenvalue weighted by molar-refractivity contribution is -0.144. The van der Waals surface area contributed by atoms with E-state index in [1.165, 1.54) is 0 Å². The smallest absolute Gasteiger partial charge is 0.346 e. The molecule has 5 heteroatoms. The van der Waals surface area contributed by atoms with Crippen LogP contribution in [0.5, 0.6) is 5.75 Å². The van der Waals surface area contributed by atoms with Crippen LogP contribution in [0.3, 0.4) is 0 Å². The van der Waals surface area contributed by atoms with Gasteiger partial charge in [-0.1, -0.05) is 18.2 Å². The molecule has 1 atom stereocenters. The van der Waals surface area contributed by atoms with E-state index in [0.717, 1.165) is 5.69 Å². The molecule has 2 heterocycles. The minimum atomic E-state index is -0.976. The number of aromatic nitrogens is 1. The molecule has 0 saturated carbocycles. The van der Waals surface area contributed by atoms with Gasteiger partial charge in [0.15, 0.2) is 0 Å². The maximum Gasteiger partial charge on any atom is 0.346 e. The van der Waals surface area contributed by atoms with Crippen LogP contribution in [0.2, 0.25) is 0 Å². The zero-order valence-electron chi connectivity index (χ0n) is 10.1. The summed E-state index contributed by atoms with van der Waals surface area (Å²) in [7, 11) is 0. The summed E-state index contributed by atoms with van der Waals surface area (Å²) < 4.78 is 5.48. The van der Waals surface area contributed by atoms with Gasteiger partial charge in [-0.2, -0.15) is 0 Å². The van der Waals surface area contributed by atoms with Crippen molar-refractivity contribution in [3.8, 4) is 5.75 Å². The summed E-state index contributed by atoms with van der Waals surface area (Å²) in [6, 6.07) is 12.9. The van der Waals surface area contributed by atoms with Gasteiger partial charge in [0.25, 0.3) is 0 Å². The molecule has 1 aromatic heterocycles. The Morgan fingerprint density at radius 3 is 2.79 bits per heavy atom. The molecule has 0 spiro atoms. The van der Waals surface area contributed by atoms with Crippen LogP contribution in [0, 0.1) is 0 Å². The van der Waals surface area contributed by atoms with Crippen molar-refractivity contribution in [2.45, 2.75) is 6.10 Å². The van der Waals surface area contributed by atoms with E-state index in [4.69, 9.17) is 9.84 Å². The van der Waals surface area contributed by atoms with Crippen molar-refractivity contribution < 1.29 is 14.6 Å². The second-order valence-corrected chi connectivity index (χ2v) is 4.21. The third-order valence-corrected chi connectivity index (χ3v) is 2.97. The highest BCUT2D eigenvalue weighted by Crippen LogP contribution is 2.36. The van der Waals surface area contributed by atoms with Crippen LogP contribution < -0.4 is 9.64 Å². The molecule has 2 aromatic rings. The molecule has 1 aliphatic heterocycles. The van der Waals surface area contributed by atoms with Crippen molar-refractivity contribution >= 4 is 17.5 Å². The maximum absolute atomic E-state index is 11.2. The van der Waals surface area contributed by atoms with E-state index in [0.29, 0.717) is 11.6 Å². The van der Waals surface area contributed by atoms with Gasteiger partial charge >= 0.3 is 5.97 Å². The summed E-state index contributed by atoms with van der Waals surface area (Å²) in [4.78, 5) is 17.3. The Hall–Kier alpha value is -2.56. The minimum absolute atomic E-state index is 0.239. The molecule has 0 fully saturated rings. The van der Waals surface area contributed by atoms with E-state index in [1.807, 2.05) is 41.3 Å². The molecule has 0 aliphatic carbocycles. The van der Waals surface area contributed by atoms with Gasteiger partial charge in [0, 0.05) is 6.20 Å². The number of pyridine rings is 1. The van der Waals surface area contributed by atoms with Crippen molar-refractivity contribution in [3.63, 3.8) is 0 Å². The summed E-state index contributed by atoms with van der Waals surface area (Å²) in [6.45, 7) is 0.239. The molecule has 0 amide bonds. The highest BCUT2D eigenvalue weighted by Gasteiger charge is 2.31. The summed E-state index contributed by atoms with van der Waals surface area (Å²) in [5.74, 6) is 0.298. The molecule has 96 valence electrons. The van der Waals surface area contributed by atoms with Crippen LogP contribution in [-0.2, 0) is 4.79 Å². The standard InChI is InChI=1S/C14H12N2O3/c17-14(18)12-9-16(13-7-3-4-8-15-13)10-5-1-2-6-11(10)19-12/h1-8,12H,9H2,(H,17,18). The second-order valence-electron chi connectivity index (χ2n) is 4.21. The highest BCUT2D eigenvalue weighted by atomic mass is 16.5. The first-order valence-electron chi connectivity index (χ1n) is 5.93. The molecule has 0 radical (unpaired) electrons. The lowest BCUT2D eigenvalue weighted by Gasteiger charge is -2.33. The van der Waals surface area contributed by atoms with E-state index in [2.05, 4.69) is 4.98 Å². The lowest BCUT2D eigenvalue weighted by atomic mass is 10.2. The Balaban J connectivity index is 2.06. The summed E-state index contributed by atoms with van der Waals surface area (Å²) in [6.07, 6.45) is 0.792. The number of carbonyl (C=O) groups is 1. The first-order valence-corrected chi connectivity index (χ1v) is 5.93. The van der Waals surface area contributed by atoms with Gasteiger partial charge in [-0.25, -0.2) is 9.78 Å². The number of rotatable bonds is 2. The Morgan fingerprint density at radius 1 is 1.26 bits per heavy atom. The van der Waals surface area contributed by atoms with Gasteiger partial charge < -0.3 is 14.7 Å². The number of nitrogens with zero attached hydrogens (tertiary/aromatic N) is 2. The summed E-state index contributed by atoms with van der Waals surface area (Å²) in [5.41, 5.74) is 0.832. The topological polar surface area (TPSA) is 62.7 Å². The normalized spacial score (nSPS) is 17.5. The van der Waals surface area contributed by atoms with Gasteiger partial charge in [0.05, 0.1) is 12.2 Å². The average Bonchev–Trinajstić information content (AvgIpc) is 2.47. The second kappa shape index (κ2) is 4.61. The molecule has 1 aromatic carbocycles. The molecule has 0 saturated heterocycles. The summed E-state index contributed by atoms with van der Waals surface area (Å²) in [5, 5.41) is 9.16. The van der Waals surface area contributed by atoms with E-state index in [1.54, 1.807) is 12.3 Å². The molecule has 19 heavy (non-hydrogen) atoms. The van der Waals surface area contributed by atoms with Crippen molar-refractivity contribution in [3.05, 3.63) is 48.7 Å². The highest BCUT2D eigenvalue weighted by molar-refractivity contribution is 5.78. The SMILES string of the molecule is O=C(O)C1CN(c2ccccn2)c2ccccc2O1. The van der Waals surface area contributed by atoms with E-state index < -0.39 is 12.1 Å². The third kappa shape index (κ3) is 2.10. The molecule has 3 rings (SSSR count). The molecule has 5 nitrogen and oxygen atoms in total. The monoisotopic (exact) mass is 256 g/mol. The van der Waals surface area contributed by atoms with Crippen LogP contribution in [0.25, 0.3) is 0 Å². The van der Waals surface area contributed by atoms with Crippen molar-refractivity contribution in [1.29, 1.82) is 0 Å². The van der Waals surface area contributed by atoms with E-state index >= 15 is 0 Å². The number of carboxylic acids is 1. The fourth-order valence-corrected chi connectivity index (χ4v) is 2.09. The Morgan fingerprint density at radius 2 is 2.05 bits per heavy atom.